The van der Waals surface area contributed by atoms with Crippen molar-refractivity contribution < 1.29 is 13.9 Å². The fourth-order valence-corrected chi connectivity index (χ4v) is 2.32. The second-order valence-electron chi connectivity index (χ2n) is 6.01. The van der Waals surface area contributed by atoms with Gasteiger partial charge in [0.05, 0.1) is 24.5 Å². The third-order valence-electron chi connectivity index (χ3n) is 3.53. The van der Waals surface area contributed by atoms with Crippen LogP contribution >= 0.6 is 0 Å². The molecule has 3 aromatic rings. The van der Waals surface area contributed by atoms with Crippen molar-refractivity contribution in [2.75, 3.05) is 5.32 Å². The summed E-state index contributed by atoms with van der Waals surface area (Å²) in [6.07, 6.45) is 3.25. The second-order valence-corrected chi connectivity index (χ2v) is 6.01. The molecule has 2 N–H and O–H groups in total. The van der Waals surface area contributed by atoms with E-state index in [0.29, 0.717) is 23.7 Å². The van der Waals surface area contributed by atoms with Gasteiger partial charge in [0.15, 0.2) is 0 Å². The van der Waals surface area contributed by atoms with Crippen LogP contribution in [0.3, 0.4) is 0 Å². The molecule has 0 atom stereocenters. The Hall–Kier alpha value is -3.28. The minimum absolute atomic E-state index is 0.141. The smallest absolute Gasteiger partial charge is 0.253 e. The van der Waals surface area contributed by atoms with Crippen LogP contribution in [0.1, 0.15) is 30.0 Å². The van der Waals surface area contributed by atoms with Crippen molar-refractivity contribution in [2.24, 2.45) is 0 Å². The van der Waals surface area contributed by atoms with Crippen molar-refractivity contribution >= 4 is 17.4 Å². The summed E-state index contributed by atoms with van der Waals surface area (Å²) in [6, 6.07) is 14.7. The van der Waals surface area contributed by atoms with E-state index in [9.17, 15) is 4.79 Å². The first kappa shape index (κ1) is 17.5. The number of hydrogen-bond acceptors (Lipinski definition) is 5. The first-order chi connectivity index (χ1) is 12.6. The maximum absolute atomic E-state index is 12.1. The number of rotatable bonds is 7. The van der Waals surface area contributed by atoms with Crippen molar-refractivity contribution in [3.8, 4) is 5.75 Å². The molecule has 6 heteroatoms. The highest BCUT2D eigenvalue weighted by molar-refractivity contribution is 5.94. The topological polar surface area (TPSA) is 76.4 Å². The molecule has 0 radical (unpaired) electrons. The van der Waals surface area contributed by atoms with Gasteiger partial charge in [0.1, 0.15) is 17.3 Å². The zero-order chi connectivity index (χ0) is 18.4. The average Bonchev–Trinajstić information content (AvgIpc) is 3.15. The number of nitrogens with zero attached hydrogens (tertiary/aromatic N) is 1. The molecule has 0 aliphatic rings. The van der Waals surface area contributed by atoms with Crippen LogP contribution in [-0.2, 0) is 6.54 Å². The number of amides is 1. The molecule has 1 aromatic carbocycles. The predicted molar refractivity (Wildman–Crippen MR) is 99.6 cm³/mol. The third kappa shape index (κ3) is 4.86. The number of hydrogen-bond donors (Lipinski definition) is 2. The molecule has 0 saturated heterocycles. The normalized spacial score (nSPS) is 10.6. The Morgan fingerprint density at radius 3 is 2.58 bits per heavy atom. The Kier molecular flexibility index (Phi) is 5.53. The van der Waals surface area contributed by atoms with Gasteiger partial charge >= 0.3 is 0 Å². The van der Waals surface area contributed by atoms with Crippen molar-refractivity contribution in [2.45, 2.75) is 26.5 Å². The summed E-state index contributed by atoms with van der Waals surface area (Å²) >= 11 is 0. The first-order valence-corrected chi connectivity index (χ1v) is 8.40. The van der Waals surface area contributed by atoms with E-state index in [0.717, 1.165) is 11.4 Å². The number of furan rings is 1. The molecule has 3 rings (SSSR count). The van der Waals surface area contributed by atoms with Gasteiger partial charge in [0.25, 0.3) is 5.91 Å². The lowest BCUT2D eigenvalue weighted by Crippen LogP contribution is -2.22. The highest BCUT2D eigenvalue weighted by Gasteiger charge is 2.07. The molecular weight excluding hydrogens is 330 g/mol. The maximum atomic E-state index is 12.1. The van der Waals surface area contributed by atoms with Gasteiger partial charge in [0.2, 0.25) is 0 Å². The standard InChI is InChI=1S/C20H21N3O3/c1-14(2)26-17-8-6-16(7-9-17)23-19-10-5-15(12-21-19)20(24)22-13-18-4-3-11-25-18/h3-12,14H,13H2,1-2H3,(H,21,23)(H,22,24). The lowest BCUT2D eigenvalue weighted by atomic mass is 10.2. The van der Waals surface area contributed by atoms with Crippen molar-refractivity contribution in [3.63, 3.8) is 0 Å². The Balaban J connectivity index is 1.56. The zero-order valence-corrected chi connectivity index (χ0v) is 14.7. The third-order valence-corrected chi connectivity index (χ3v) is 3.53. The van der Waals surface area contributed by atoms with E-state index in [4.69, 9.17) is 9.15 Å². The molecule has 0 saturated carbocycles. The second kappa shape index (κ2) is 8.20. The highest BCUT2D eigenvalue weighted by Crippen LogP contribution is 2.20. The number of carbonyl (C=O) groups excluding carboxylic acids is 1. The van der Waals surface area contributed by atoms with Crippen molar-refractivity contribution in [3.05, 3.63) is 72.3 Å². The number of carbonyl (C=O) groups is 1. The Bertz CT molecular complexity index is 826. The Morgan fingerprint density at radius 1 is 1.15 bits per heavy atom. The highest BCUT2D eigenvalue weighted by atomic mass is 16.5. The van der Waals surface area contributed by atoms with Gasteiger partial charge in [-0.05, 0) is 62.4 Å². The zero-order valence-electron chi connectivity index (χ0n) is 14.7. The van der Waals surface area contributed by atoms with Crippen molar-refractivity contribution in [1.29, 1.82) is 0 Å². The number of nitrogens with one attached hydrogen (secondary N) is 2. The maximum Gasteiger partial charge on any atom is 0.253 e. The van der Waals surface area contributed by atoms with Crippen LogP contribution in [0.2, 0.25) is 0 Å². The molecule has 0 spiro atoms. The molecule has 0 unspecified atom stereocenters. The molecule has 0 aliphatic heterocycles. The van der Waals surface area contributed by atoms with Crippen LogP contribution in [-0.4, -0.2) is 17.0 Å². The number of ether oxygens (including phenoxy) is 1. The van der Waals surface area contributed by atoms with Gasteiger partial charge in [-0.2, -0.15) is 0 Å². The average molecular weight is 351 g/mol. The SMILES string of the molecule is CC(C)Oc1ccc(Nc2ccc(C(=O)NCc3ccco3)cn2)cc1. The molecule has 0 aliphatic carbocycles. The molecular formula is C20H21N3O3. The monoisotopic (exact) mass is 351 g/mol. The summed E-state index contributed by atoms with van der Waals surface area (Å²) in [5.74, 6) is 1.98. The summed E-state index contributed by atoms with van der Waals surface area (Å²) < 4.78 is 10.8. The van der Waals surface area contributed by atoms with E-state index in [2.05, 4.69) is 15.6 Å². The van der Waals surface area contributed by atoms with Gasteiger partial charge in [-0.15, -0.1) is 0 Å². The van der Waals surface area contributed by atoms with Crippen molar-refractivity contribution in [1.82, 2.24) is 10.3 Å². The van der Waals surface area contributed by atoms with E-state index >= 15 is 0 Å². The first-order valence-electron chi connectivity index (χ1n) is 8.40. The van der Waals surface area contributed by atoms with Gasteiger partial charge < -0.3 is 19.8 Å². The molecule has 0 fully saturated rings. The van der Waals surface area contributed by atoms with Crippen LogP contribution in [0.4, 0.5) is 11.5 Å². The van der Waals surface area contributed by atoms with Crippen LogP contribution < -0.4 is 15.4 Å². The number of pyridine rings is 1. The molecule has 134 valence electrons. The number of anilines is 2. The summed E-state index contributed by atoms with van der Waals surface area (Å²) in [7, 11) is 0. The fraction of sp³-hybridized carbons (Fsp3) is 0.200. The summed E-state index contributed by atoms with van der Waals surface area (Å²) in [5, 5.41) is 5.98. The largest absolute Gasteiger partial charge is 0.491 e. The van der Waals surface area contributed by atoms with Crippen LogP contribution in [0.5, 0.6) is 5.75 Å². The summed E-state index contributed by atoms with van der Waals surface area (Å²) in [6.45, 7) is 4.32. The van der Waals surface area contributed by atoms with Crippen LogP contribution in [0, 0.1) is 0 Å². The summed E-state index contributed by atoms with van der Waals surface area (Å²) in [4.78, 5) is 16.4. The van der Waals surface area contributed by atoms with E-state index in [-0.39, 0.29) is 12.0 Å². The molecule has 26 heavy (non-hydrogen) atoms. The summed E-state index contributed by atoms with van der Waals surface area (Å²) in [5.41, 5.74) is 1.38. The Labute approximate surface area is 152 Å². The number of benzene rings is 1. The van der Waals surface area contributed by atoms with Crippen LogP contribution in [0.25, 0.3) is 0 Å². The van der Waals surface area contributed by atoms with Gasteiger partial charge in [-0.1, -0.05) is 0 Å². The number of aromatic nitrogens is 1. The lowest BCUT2D eigenvalue weighted by Gasteiger charge is -2.11. The minimum atomic E-state index is -0.198. The molecule has 2 aromatic heterocycles. The van der Waals surface area contributed by atoms with E-state index in [1.54, 1.807) is 24.5 Å². The molecule has 0 bridgehead atoms. The minimum Gasteiger partial charge on any atom is -0.491 e. The fourth-order valence-electron chi connectivity index (χ4n) is 2.32. The lowest BCUT2D eigenvalue weighted by molar-refractivity contribution is 0.0947. The van der Waals surface area contributed by atoms with E-state index < -0.39 is 0 Å². The predicted octanol–water partition coefficient (Wildman–Crippen LogP) is 4.14. The molecule has 2 heterocycles. The van der Waals surface area contributed by atoms with Gasteiger partial charge in [0, 0.05) is 11.9 Å². The van der Waals surface area contributed by atoms with Gasteiger partial charge in [-0.3, -0.25) is 4.79 Å². The molecule has 6 nitrogen and oxygen atoms in total. The van der Waals surface area contributed by atoms with E-state index in [1.165, 1.54) is 6.20 Å². The van der Waals surface area contributed by atoms with E-state index in [1.807, 2.05) is 44.2 Å². The molecule has 1 amide bonds. The van der Waals surface area contributed by atoms with Crippen LogP contribution in [0.15, 0.2) is 65.4 Å². The quantitative estimate of drug-likeness (QED) is 0.669. The van der Waals surface area contributed by atoms with Gasteiger partial charge in [-0.25, -0.2) is 4.98 Å². The Morgan fingerprint density at radius 2 is 1.96 bits per heavy atom.